The average Bonchev–Trinajstić information content (AvgIpc) is 2.85. The number of rotatable bonds is 4. The van der Waals surface area contributed by atoms with Crippen molar-refractivity contribution < 1.29 is 9.90 Å². The van der Waals surface area contributed by atoms with E-state index < -0.39 is 0 Å². The zero-order valence-electron chi connectivity index (χ0n) is 9.59. The quantitative estimate of drug-likeness (QED) is 0.721. The molecule has 94 valence electrons. The van der Waals surface area contributed by atoms with Crippen molar-refractivity contribution in [3.05, 3.63) is 35.3 Å². The van der Waals surface area contributed by atoms with Gasteiger partial charge in [-0.25, -0.2) is 4.98 Å². The number of nitrogens with two attached hydrogens (primary N) is 1. The predicted molar refractivity (Wildman–Crippen MR) is 71.4 cm³/mol. The van der Waals surface area contributed by atoms with Crippen molar-refractivity contribution in [2.45, 2.75) is 0 Å². The van der Waals surface area contributed by atoms with Crippen LogP contribution in [0.25, 0.3) is 10.6 Å². The lowest BCUT2D eigenvalue weighted by molar-refractivity contribution is 0.0940. The van der Waals surface area contributed by atoms with Gasteiger partial charge in [0.15, 0.2) is 0 Å². The lowest BCUT2D eigenvalue weighted by atomic mass is 10.2. The highest BCUT2D eigenvalue weighted by atomic mass is 32.1. The van der Waals surface area contributed by atoms with Crippen LogP contribution >= 0.6 is 11.3 Å². The summed E-state index contributed by atoms with van der Waals surface area (Å²) in [5, 5.41) is 13.6. The third kappa shape index (κ3) is 2.85. The monoisotopic (exact) mass is 263 g/mol. The Balaban J connectivity index is 2.17. The Morgan fingerprint density at radius 2 is 2.33 bits per heavy atom. The SMILES string of the molecule is Nc1cccc(-c2nc(C(=O)NCCO)cs2)c1. The number of aliphatic hydroxyl groups excluding tert-OH is 1. The molecule has 0 radical (unpaired) electrons. The van der Waals surface area contributed by atoms with Gasteiger partial charge in [-0.3, -0.25) is 4.79 Å². The Bertz CT molecular complexity index is 554. The summed E-state index contributed by atoms with van der Waals surface area (Å²) < 4.78 is 0. The number of benzene rings is 1. The van der Waals surface area contributed by atoms with Crippen LogP contribution in [0, 0.1) is 0 Å². The number of nitrogen functional groups attached to an aromatic ring is 1. The van der Waals surface area contributed by atoms with Crippen LogP contribution in [0.15, 0.2) is 29.6 Å². The molecule has 0 saturated carbocycles. The molecule has 0 fully saturated rings. The Morgan fingerprint density at radius 1 is 1.50 bits per heavy atom. The normalized spacial score (nSPS) is 10.3. The molecule has 1 aromatic carbocycles. The first-order valence-electron chi connectivity index (χ1n) is 5.41. The van der Waals surface area contributed by atoms with Crippen LogP contribution in [0.5, 0.6) is 0 Å². The molecule has 6 heteroatoms. The third-order valence-corrected chi connectivity index (χ3v) is 3.16. The largest absolute Gasteiger partial charge is 0.399 e. The summed E-state index contributed by atoms with van der Waals surface area (Å²) in [4.78, 5) is 15.9. The van der Waals surface area contributed by atoms with Crippen LogP contribution in [-0.4, -0.2) is 29.1 Å². The minimum Gasteiger partial charge on any atom is -0.399 e. The zero-order valence-corrected chi connectivity index (χ0v) is 10.4. The Labute approximate surface area is 108 Å². The topological polar surface area (TPSA) is 88.2 Å². The van der Waals surface area contributed by atoms with Crippen molar-refractivity contribution in [3.8, 4) is 10.6 Å². The van der Waals surface area contributed by atoms with Crippen molar-refractivity contribution in [2.75, 3.05) is 18.9 Å². The minimum absolute atomic E-state index is 0.0854. The molecular weight excluding hydrogens is 250 g/mol. The summed E-state index contributed by atoms with van der Waals surface area (Å²) in [7, 11) is 0. The molecule has 18 heavy (non-hydrogen) atoms. The fraction of sp³-hybridized carbons (Fsp3) is 0.167. The highest BCUT2D eigenvalue weighted by molar-refractivity contribution is 7.13. The van der Waals surface area contributed by atoms with E-state index in [2.05, 4.69) is 10.3 Å². The van der Waals surface area contributed by atoms with Gasteiger partial charge < -0.3 is 16.2 Å². The zero-order chi connectivity index (χ0) is 13.0. The molecule has 0 bridgehead atoms. The van der Waals surface area contributed by atoms with E-state index in [1.165, 1.54) is 11.3 Å². The molecule has 1 aromatic heterocycles. The fourth-order valence-electron chi connectivity index (χ4n) is 1.44. The Hall–Kier alpha value is -1.92. The average molecular weight is 263 g/mol. The number of nitrogens with one attached hydrogen (secondary N) is 1. The molecule has 0 aliphatic heterocycles. The van der Waals surface area contributed by atoms with Gasteiger partial charge in [-0.1, -0.05) is 12.1 Å². The second-order valence-corrected chi connectivity index (χ2v) is 4.50. The summed E-state index contributed by atoms with van der Waals surface area (Å²) >= 11 is 1.38. The van der Waals surface area contributed by atoms with Gasteiger partial charge in [0, 0.05) is 23.2 Å². The highest BCUT2D eigenvalue weighted by Gasteiger charge is 2.11. The van der Waals surface area contributed by atoms with Gasteiger partial charge in [0.25, 0.3) is 5.91 Å². The van der Waals surface area contributed by atoms with Gasteiger partial charge >= 0.3 is 0 Å². The van der Waals surface area contributed by atoms with E-state index in [-0.39, 0.29) is 19.1 Å². The van der Waals surface area contributed by atoms with Crippen molar-refractivity contribution in [3.63, 3.8) is 0 Å². The highest BCUT2D eigenvalue weighted by Crippen LogP contribution is 2.25. The van der Waals surface area contributed by atoms with Crippen molar-refractivity contribution in [2.24, 2.45) is 0 Å². The first-order chi connectivity index (χ1) is 8.70. The first-order valence-corrected chi connectivity index (χ1v) is 6.29. The van der Waals surface area contributed by atoms with Gasteiger partial charge in [0.05, 0.1) is 6.61 Å². The molecule has 0 spiro atoms. The molecule has 0 atom stereocenters. The molecule has 1 amide bonds. The minimum atomic E-state index is -0.282. The number of hydrogen-bond donors (Lipinski definition) is 3. The second-order valence-electron chi connectivity index (χ2n) is 3.64. The van der Waals surface area contributed by atoms with E-state index in [1.807, 2.05) is 18.2 Å². The van der Waals surface area contributed by atoms with E-state index in [0.29, 0.717) is 11.4 Å². The van der Waals surface area contributed by atoms with Gasteiger partial charge in [0.1, 0.15) is 10.7 Å². The van der Waals surface area contributed by atoms with E-state index in [4.69, 9.17) is 10.8 Å². The van der Waals surface area contributed by atoms with Gasteiger partial charge in [0.2, 0.25) is 0 Å². The number of amides is 1. The van der Waals surface area contributed by atoms with Gasteiger partial charge in [-0.2, -0.15) is 0 Å². The van der Waals surface area contributed by atoms with E-state index >= 15 is 0 Å². The molecule has 0 aliphatic carbocycles. The number of thiazole rings is 1. The number of aliphatic hydroxyl groups is 1. The Morgan fingerprint density at radius 3 is 3.06 bits per heavy atom. The Kier molecular flexibility index (Phi) is 3.91. The van der Waals surface area contributed by atoms with Crippen LogP contribution in [0.3, 0.4) is 0 Å². The number of aromatic nitrogens is 1. The van der Waals surface area contributed by atoms with Crippen LogP contribution in [-0.2, 0) is 0 Å². The molecule has 0 saturated heterocycles. The number of carbonyl (C=O) groups is 1. The summed E-state index contributed by atoms with van der Waals surface area (Å²) in [6, 6.07) is 7.35. The summed E-state index contributed by atoms with van der Waals surface area (Å²) in [6.45, 7) is 0.141. The lowest BCUT2D eigenvalue weighted by Gasteiger charge is -1.99. The maximum atomic E-state index is 11.6. The lowest BCUT2D eigenvalue weighted by Crippen LogP contribution is -2.26. The van der Waals surface area contributed by atoms with Crippen LogP contribution in [0.1, 0.15) is 10.5 Å². The molecule has 0 aliphatic rings. The van der Waals surface area contributed by atoms with Crippen molar-refractivity contribution in [1.29, 1.82) is 0 Å². The third-order valence-electron chi connectivity index (χ3n) is 2.27. The maximum Gasteiger partial charge on any atom is 0.270 e. The molecule has 0 unspecified atom stereocenters. The van der Waals surface area contributed by atoms with E-state index in [1.54, 1.807) is 11.4 Å². The maximum absolute atomic E-state index is 11.6. The standard InChI is InChI=1S/C12H13N3O2S/c13-9-3-1-2-8(6-9)12-15-10(7-18-12)11(17)14-4-5-16/h1-3,6-7,16H,4-5,13H2,(H,14,17). The molecule has 5 nitrogen and oxygen atoms in total. The second kappa shape index (κ2) is 5.61. The molecule has 2 rings (SSSR count). The summed E-state index contributed by atoms with van der Waals surface area (Å²) in [5.74, 6) is -0.282. The molecule has 1 heterocycles. The van der Waals surface area contributed by atoms with Crippen molar-refractivity contribution in [1.82, 2.24) is 10.3 Å². The van der Waals surface area contributed by atoms with Crippen LogP contribution < -0.4 is 11.1 Å². The molecule has 2 aromatic rings. The van der Waals surface area contributed by atoms with Crippen LogP contribution in [0.2, 0.25) is 0 Å². The summed E-state index contributed by atoms with van der Waals surface area (Å²) in [5.41, 5.74) is 7.60. The van der Waals surface area contributed by atoms with Crippen molar-refractivity contribution >= 4 is 22.9 Å². The first kappa shape index (κ1) is 12.5. The molecular formula is C12H13N3O2S. The predicted octanol–water partition coefficient (Wildman–Crippen LogP) is 1.11. The molecule has 4 N–H and O–H groups in total. The number of hydrogen-bond acceptors (Lipinski definition) is 5. The van der Waals surface area contributed by atoms with Crippen LogP contribution in [0.4, 0.5) is 5.69 Å². The number of anilines is 1. The van der Waals surface area contributed by atoms with E-state index in [0.717, 1.165) is 10.6 Å². The van der Waals surface area contributed by atoms with E-state index in [9.17, 15) is 4.79 Å². The summed E-state index contributed by atoms with van der Waals surface area (Å²) in [6.07, 6.45) is 0. The number of carbonyl (C=O) groups excluding carboxylic acids is 1. The van der Waals surface area contributed by atoms with Gasteiger partial charge in [-0.05, 0) is 12.1 Å². The van der Waals surface area contributed by atoms with Gasteiger partial charge in [-0.15, -0.1) is 11.3 Å². The number of nitrogens with zero attached hydrogens (tertiary/aromatic N) is 1. The smallest absolute Gasteiger partial charge is 0.270 e. The fourth-order valence-corrected chi connectivity index (χ4v) is 2.24.